The maximum atomic E-state index is 12.6. The van der Waals surface area contributed by atoms with Crippen LogP contribution in [0.4, 0.5) is 0 Å². The van der Waals surface area contributed by atoms with E-state index in [4.69, 9.17) is 48.6 Å². The first-order valence-electron chi connectivity index (χ1n) is 11.7. The summed E-state index contributed by atoms with van der Waals surface area (Å²) in [6.45, 7) is 0. The highest BCUT2D eigenvalue weighted by Crippen LogP contribution is 2.44. The van der Waals surface area contributed by atoms with Gasteiger partial charge in [0.25, 0.3) is 0 Å². The van der Waals surface area contributed by atoms with Crippen molar-refractivity contribution in [3.05, 3.63) is 65.9 Å². The first-order chi connectivity index (χ1) is 18.6. The summed E-state index contributed by atoms with van der Waals surface area (Å²) in [4.78, 5) is 24.6. The highest BCUT2D eigenvalue weighted by molar-refractivity contribution is 9.10. The van der Waals surface area contributed by atoms with Gasteiger partial charge in [0.2, 0.25) is 0 Å². The quantitative estimate of drug-likeness (QED) is 0.274. The maximum Gasteiger partial charge on any atom is 0.171 e. The molecule has 2 aliphatic carbocycles. The van der Waals surface area contributed by atoms with Crippen molar-refractivity contribution in [3.8, 4) is 23.8 Å². The number of benzene rings is 2. The molecule has 6 nitrogen and oxygen atoms in total. The zero-order valence-corrected chi connectivity index (χ0v) is 26.4. The van der Waals surface area contributed by atoms with Gasteiger partial charge in [-0.1, -0.05) is 55.1 Å². The van der Waals surface area contributed by atoms with Gasteiger partial charge in [-0.15, -0.1) is 12.3 Å². The van der Waals surface area contributed by atoms with Crippen molar-refractivity contribution >= 4 is 77.8 Å². The molecular formula is C29H26Br2Cl2O6. The number of methoxy groups -OCH3 is 4. The van der Waals surface area contributed by atoms with Crippen LogP contribution in [-0.4, -0.2) is 40.0 Å². The van der Waals surface area contributed by atoms with Gasteiger partial charge in [-0.25, -0.2) is 0 Å². The van der Waals surface area contributed by atoms with Crippen LogP contribution in [0.25, 0.3) is 11.1 Å². The highest BCUT2D eigenvalue weighted by Gasteiger charge is 2.37. The van der Waals surface area contributed by atoms with Crippen molar-refractivity contribution in [1.82, 2.24) is 0 Å². The minimum Gasteiger partial charge on any atom is -0.500 e. The van der Waals surface area contributed by atoms with Gasteiger partial charge in [0, 0.05) is 51.7 Å². The second-order valence-corrected chi connectivity index (χ2v) is 11.2. The van der Waals surface area contributed by atoms with E-state index < -0.39 is 0 Å². The molecule has 0 heterocycles. The van der Waals surface area contributed by atoms with E-state index in [1.54, 1.807) is 45.6 Å². The van der Waals surface area contributed by atoms with Crippen molar-refractivity contribution in [2.75, 3.05) is 28.4 Å². The molecule has 0 bridgehead atoms. The summed E-state index contributed by atoms with van der Waals surface area (Å²) < 4.78 is 22.9. The number of hydrogen-bond donors (Lipinski definition) is 0. The van der Waals surface area contributed by atoms with Crippen LogP contribution >= 0.6 is 55.1 Å². The van der Waals surface area contributed by atoms with E-state index in [1.165, 1.54) is 7.11 Å². The van der Waals surface area contributed by atoms with Crippen LogP contribution in [0.1, 0.15) is 36.8 Å². The minimum absolute atomic E-state index is 0.0365. The molecule has 2 aromatic rings. The van der Waals surface area contributed by atoms with Gasteiger partial charge in [-0.3, -0.25) is 9.59 Å². The van der Waals surface area contributed by atoms with Gasteiger partial charge in [0.05, 0.1) is 49.6 Å². The standard InChI is InChI=1S/C16H14BrClO3.C13H12BrClO3/c1-4-5-9-6-12(20-2)15(16(9)19)14-11(18)7-10(17)8-13(14)21-3;1-17-10-4-3-9(16)13(10)12-8(15)5-7(14)6-11(12)18-2/h1,7-9H,5-6H2,2-3H3;5-6H,3-4H2,1-2H3. The fourth-order valence-electron chi connectivity index (χ4n) is 4.54. The molecule has 2 aromatic carbocycles. The lowest BCUT2D eigenvalue weighted by Gasteiger charge is -2.13. The Morgan fingerprint density at radius 1 is 0.821 bits per heavy atom. The molecule has 0 saturated carbocycles. The van der Waals surface area contributed by atoms with Crippen molar-refractivity contribution in [2.24, 2.45) is 5.92 Å². The number of Topliss-reactive ketones (excluding diaryl/α,β-unsaturated/α-hetero) is 2. The topological polar surface area (TPSA) is 71.1 Å². The molecule has 0 aliphatic heterocycles. The minimum atomic E-state index is -0.260. The van der Waals surface area contributed by atoms with Gasteiger partial charge in [-0.2, -0.15) is 0 Å². The SMILES string of the molecule is C#CCC1CC(OC)=C(c2c(Cl)cc(Br)cc2OC)C1=O.COC1=C(c2c(Cl)cc(Br)cc2OC)C(=O)CC1. The second-order valence-electron chi connectivity index (χ2n) is 8.53. The van der Waals surface area contributed by atoms with Crippen molar-refractivity contribution in [3.63, 3.8) is 0 Å². The Labute approximate surface area is 254 Å². The van der Waals surface area contributed by atoms with Crippen LogP contribution < -0.4 is 9.47 Å². The van der Waals surface area contributed by atoms with E-state index >= 15 is 0 Å². The molecule has 0 radical (unpaired) electrons. The smallest absolute Gasteiger partial charge is 0.171 e. The molecule has 39 heavy (non-hydrogen) atoms. The third kappa shape index (κ3) is 6.66. The van der Waals surface area contributed by atoms with Gasteiger partial charge >= 0.3 is 0 Å². The molecule has 1 atom stereocenters. The number of halogens is 4. The van der Waals surface area contributed by atoms with Crippen LogP contribution in [0, 0.1) is 18.3 Å². The molecule has 0 N–H and O–H groups in total. The second kappa shape index (κ2) is 13.8. The average Bonchev–Trinajstić information content (AvgIpc) is 3.42. The molecule has 0 saturated heterocycles. The zero-order chi connectivity index (χ0) is 28.9. The van der Waals surface area contributed by atoms with Crippen LogP contribution in [0.5, 0.6) is 11.5 Å². The number of terminal acetylenes is 1. The predicted molar refractivity (Wildman–Crippen MR) is 160 cm³/mol. The normalized spacial score (nSPS) is 16.6. The van der Waals surface area contributed by atoms with Crippen molar-refractivity contribution in [1.29, 1.82) is 0 Å². The first-order valence-corrected chi connectivity index (χ1v) is 14.1. The summed E-state index contributed by atoms with van der Waals surface area (Å²) in [6.07, 6.45) is 7.26. The molecule has 0 amide bonds. The lowest BCUT2D eigenvalue weighted by atomic mass is 9.96. The number of allylic oxidation sites excluding steroid dienone is 4. The monoisotopic (exact) mass is 698 g/mol. The fourth-order valence-corrected chi connectivity index (χ4v) is 6.29. The molecule has 0 aromatic heterocycles. The average molecular weight is 701 g/mol. The van der Waals surface area contributed by atoms with Crippen LogP contribution in [0.2, 0.25) is 10.0 Å². The van der Waals surface area contributed by atoms with Gasteiger partial charge in [-0.05, 0) is 24.3 Å². The maximum absolute atomic E-state index is 12.6. The molecule has 206 valence electrons. The number of rotatable bonds is 7. The Morgan fingerprint density at radius 3 is 1.79 bits per heavy atom. The van der Waals surface area contributed by atoms with Gasteiger partial charge in [0.15, 0.2) is 11.6 Å². The fraction of sp³-hybridized carbons (Fsp3) is 0.310. The number of ketones is 2. The van der Waals surface area contributed by atoms with E-state index in [1.807, 2.05) is 0 Å². The summed E-state index contributed by atoms with van der Waals surface area (Å²) in [5, 5.41) is 0.904. The molecule has 0 fully saturated rings. The van der Waals surface area contributed by atoms with Crippen LogP contribution in [0.15, 0.2) is 44.7 Å². The zero-order valence-electron chi connectivity index (χ0n) is 21.8. The molecule has 1 unspecified atom stereocenters. The number of ether oxygens (including phenoxy) is 4. The Morgan fingerprint density at radius 2 is 1.33 bits per heavy atom. The Kier molecular flexibility index (Phi) is 11.0. The number of hydrogen-bond acceptors (Lipinski definition) is 6. The van der Waals surface area contributed by atoms with E-state index in [9.17, 15) is 9.59 Å². The first kappa shape index (κ1) is 31.1. The summed E-state index contributed by atoms with van der Waals surface area (Å²) in [5.41, 5.74) is 2.17. The summed E-state index contributed by atoms with van der Waals surface area (Å²) in [5.74, 6) is 4.62. The summed E-state index contributed by atoms with van der Waals surface area (Å²) >= 11 is 19.2. The van der Waals surface area contributed by atoms with E-state index in [-0.39, 0.29) is 17.5 Å². The molecule has 10 heteroatoms. The molecule has 4 rings (SSSR count). The number of carbonyl (C=O) groups excluding carboxylic acids is 2. The van der Waals surface area contributed by atoms with E-state index in [0.29, 0.717) is 81.0 Å². The van der Waals surface area contributed by atoms with Crippen molar-refractivity contribution in [2.45, 2.75) is 25.7 Å². The molecular weight excluding hydrogens is 675 g/mol. The van der Waals surface area contributed by atoms with E-state index in [0.717, 1.165) is 8.95 Å². The van der Waals surface area contributed by atoms with Gasteiger partial charge < -0.3 is 18.9 Å². The van der Waals surface area contributed by atoms with Crippen LogP contribution in [-0.2, 0) is 19.1 Å². The number of carbonyl (C=O) groups is 2. The molecule has 0 spiro atoms. The lowest BCUT2D eigenvalue weighted by Crippen LogP contribution is -2.10. The van der Waals surface area contributed by atoms with E-state index in [2.05, 4.69) is 37.8 Å². The molecule has 2 aliphatic rings. The Balaban J connectivity index is 0.000000218. The summed E-state index contributed by atoms with van der Waals surface area (Å²) in [7, 11) is 6.19. The highest BCUT2D eigenvalue weighted by atomic mass is 79.9. The largest absolute Gasteiger partial charge is 0.500 e. The summed E-state index contributed by atoms with van der Waals surface area (Å²) in [6, 6.07) is 7.02. The third-order valence-electron chi connectivity index (χ3n) is 6.30. The van der Waals surface area contributed by atoms with Crippen molar-refractivity contribution < 1.29 is 28.5 Å². The lowest BCUT2D eigenvalue weighted by molar-refractivity contribution is -0.116. The third-order valence-corrected chi connectivity index (χ3v) is 7.81. The van der Waals surface area contributed by atoms with Crippen LogP contribution in [0.3, 0.4) is 0 Å². The Hall–Kier alpha value is -2.44. The predicted octanol–water partition coefficient (Wildman–Crippen LogP) is 7.91. The Bertz CT molecular complexity index is 1410. The van der Waals surface area contributed by atoms with Gasteiger partial charge in [0.1, 0.15) is 23.0 Å².